The lowest BCUT2D eigenvalue weighted by atomic mass is 10.2. The van der Waals surface area contributed by atoms with Crippen molar-refractivity contribution < 1.29 is 19.4 Å². The molecule has 8 heteroatoms. The minimum absolute atomic E-state index is 0.0240. The van der Waals surface area contributed by atoms with E-state index in [0.29, 0.717) is 11.3 Å². The van der Waals surface area contributed by atoms with E-state index in [1.807, 2.05) is 0 Å². The molecule has 1 amide bonds. The molecule has 2 aromatic rings. The molecule has 0 heterocycles. The molecule has 0 aliphatic rings. The van der Waals surface area contributed by atoms with Gasteiger partial charge in [-0.2, -0.15) is 0 Å². The van der Waals surface area contributed by atoms with Crippen LogP contribution in [-0.2, 0) is 0 Å². The number of rotatable bonds is 4. The van der Waals surface area contributed by atoms with Gasteiger partial charge in [0.1, 0.15) is 11.3 Å². The molecule has 0 aliphatic heterocycles. The van der Waals surface area contributed by atoms with Crippen molar-refractivity contribution in [2.24, 2.45) is 0 Å². The van der Waals surface area contributed by atoms with Gasteiger partial charge >= 0.3 is 5.97 Å². The monoisotopic (exact) mass is 364 g/mol. The number of benzene rings is 2. The first-order chi connectivity index (χ1) is 11.4. The first-order valence-electron chi connectivity index (χ1n) is 6.70. The Morgan fingerprint density at radius 1 is 1.21 bits per heavy atom. The van der Waals surface area contributed by atoms with E-state index in [4.69, 9.17) is 33.7 Å². The number of anilines is 1. The van der Waals surface area contributed by atoms with Gasteiger partial charge in [0, 0.05) is 11.6 Å². The number of amides is 1. The zero-order chi connectivity index (χ0) is 17.7. The summed E-state index contributed by atoms with van der Waals surface area (Å²) in [6.07, 6.45) is 0. The normalized spacial score (nSPS) is 9.92. The molecule has 0 saturated heterocycles. The molecule has 0 fully saturated rings. The Balaban J connectivity index is 2.14. The summed E-state index contributed by atoms with van der Waals surface area (Å²) < 4.78 is 5.02. The number of hydrogen-bond donors (Lipinski definition) is 3. The summed E-state index contributed by atoms with van der Waals surface area (Å²) in [5, 5.41) is 14.5. The molecule has 6 nitrogen and oxygen atoms in total. The molecular formula is C16H13ClN2O4S. The Kier molecular flexibility index (Phi) is 5.73. The molecule has 0 bridgehead atoms. The highest BCUT2D eigenvalue weighted by Gasteiger charge is 2.16. The van der Waals surface area contributed by atoms with Crippen molar-refractivity contribution in [1.29, 1.82) is 0 Å². The number of carbonyl (C=O) groups excluding carboxylic acids is 1. The molecule has 124 valence electrons. The first-order valence-corrected chi connectivity index (χ1v) is 7.49. The Hall–Kier alpha value is -2.64. The number of aromatic carboxylic acids is 1. The third-order valence-corrected chi connectivity index (χ3v) is 3.55. The third kappa shape index (κ3) is 4.21. The van der Waals surface area contributed by atoms with Crippen molar-refractivity contribution in [3.05, 3.63) is 58.6 Å². The molecule has 2 rings (SSSR count). The summed E-state index contributed by atoms with van der Waals surface area (Å²) in [5.74, 6) is -1.43. The molecule has 0 radical (unpaired) electrons. The number of hydrogen-bond acceptors (Lipinski definition) is 4. The topological polar surface area (TPSA) is 87.7 Å². The fraction of sp³-hybridized carbons (Fsp3) is 0.0625. The minimum atomic E-state index is -1.17. The van der Waals surface area contributed by atoms with Crippen molar-refractivity contribution in [2.75, 3.05) is 12.4 Å². The van der Waals surface area contributed by atoms with Crippen molar-refractivity contribution in [1.82, 2.24) is 5.32 Å². The van der Waals surface area contributed by atoms with Gasteiger partial charge in [-0.15, -0.1) is 0 Å². The van der Waals surface area contributed by atoms with Gasteiger partial charge in [0.05, 0.1) is 17.8 Å². The predicted octanol–water partition coefficient (Wildman–Crippen LogP) is 3.17. The third-order valence-electron chi connectivity index (χ3n) is 3.03. The van der Waals surface area contributed by atoms with E-state index >= 15 is 0 Å². The number of ether oxygens (including phenoxy) is 1. The van der Waals surface area contributed by atoms with Gasteiger partial charge in [0.15, 0.2) is 5.11 Å². The van der Waals surface area contributed by atoms with Crippen LogP contribution >= 0.6 is 23.8 Å². The van der Waals surface area contributed by atoms with Crippen LogP contribution in [0.15, 0.2) is 42.5 Å². The van der Waals surface area contributed by atoms with E-state index in [9.17, 15) is 9.59 Å². The van der Waals surface area contributed by atoms with Gasteiger partial charge in [-0.05, 0) is 30.4 Å². The number of carbonyl (C=O) groups is 2. The van der Waals surface area contributed by atoms with Crippen molar-refractivity contribution >= 4 is 46.5 Å². The molecule has 0 atom stereocenters. The van der Waals surface area contributed by atoms with Crippen LogP contribution in [0.3, 0.4) is 0 Å². The molecule has 24 heavy (non-hydrogen) atoms. The Bertz CT molecular complexity index is 796. The maximum Gasteiger partial charge on any atom is 0.339 e. The van der Waals surface area contributed by atoms with E-state index in [0.717, 1.165) is 0 Å². The van der Waals surface area contributed by atoms with Gasteiger partial charge in [0.25, 0.3) is 5.91 Å². The van der Waals surface area contributed by atoms with Gasteiger partial charge in [-0.1, -0.05) is 29.8 Å². The maximum absolute atomic E-state index is 12.0. The van der Waals surface area contributed by atoms with Gasteiger partial charge < -0.3 is 15.2 Å². The van der Waals surface area contributed by atoms with Crippen molar-refractivity contribution in [2.45, 2.75) is 0 Å². The molecule has 0 unspecified atom stereocenters. The Morgan fingerprint density at radius 2 is 1.88 bits per heavy atom. The number of halogens is 1. The highest BCUT2D eigenvalue weighted by atomic mass is 35.5. The number of carboxylic acid groups (broad SMARTS) is 1. The summed E-state index contributed by atoms with van der Waals surface area (Å²) in [6, 6.07) is 11.2. The van der Waals surface area contributed by atoms with Gasteiger partial charge in [-0.25, -0.2) is 4.79 Å². The summed E-state index contributed by atoms with van der Waals surface area (Å²) in [4.78, 5) is 23.1. The number of methoxy groups -OCH3 is 1. The van der Waals surface area contributed by atoms with Crippen LogP contribution < -0.4 is 15.4 Å². The van der Waals surface area contributed by atoms with Crippen LogP contribution in [0.1, 0.15) is 20.7 Å². The summed E-state index contributed by atoms with van der Waals surface area (Å²) in [7, 11) is 1.34. The molecule has 0 saturated carbocycles. The Labute approximate surface area is 148 Å². The van der Waals surface area contributed by atoms with Crippen LogP contribution in [0, 0.1) is 0 Å². The molecule has 0 spiro atoms. The second kappa shape index (κ2) is 7.76. The number of nitrogens with one attached hydrogen (secondary N) is 2. The molecule has 3 N–H and O–H groups in total. The quantitative estimate of drug-likeness (QED) is 0.722. The van der Waals surface area contributed by atoms with Crippen molar-refractivity contribution in [3.8, 4) is 5.75 Å². The molecule has 0 aromatic heterocycles. The fourth-order valence-corrected chi connectivity index (χ4v) is 2.32. The average molecular weight is 365 g/mol. The predicted molar refractivity (Wildman–Crippen MR) is 95.1 cm³/mol. The minimum Gasteiger partial charge on any atom is -0.496 e. The molecular weight excluding hydrogens is 352 g/mol. The lowest BCUT2D eigenvalue weighted by Crippen LogP contribution is -2.34. The van der Waals surface area contributed by atoms with E-state index in [1.165, 1.54) is 19.2 Å². The summed E-state index contributed by atoms with van der Waals surface area (Å²) in [6.45, 7) is 0. The summed E-state index contributed by atoms with van der Waals surface area (Å²) in [5.41, 5.74) is 0.690. The highest BCUT2D eigenvalue weighted by molar-refractivity contribution is 7.80. The van der Waals surface area contributed by atoms with E-state index in [1.54, 1.807) is 30.3 Å². The molecule has 2 aromatic carbocycles. The van der Waals surface area contributed by atoms with E-state index < -0.39 is 5.97 Å². The van der Waals surface area contributed by atoms with Crippen LogP contribution in [0.2, 0.25) is 5.02 Å². The standard InChI is InChI=1S/C16H13ClN2O4S/c1-23-13-8-12(11(17)7-10(13)15(21)22)18-16(24)19-14(20)9-5-3-2-4-6-9/h2-8H,1H3,(H,21,22)(H2,18,19,20,24). The zero-order valence-electron chi connectivity index (χ0n) is 12.5. The van der Waals surface area contributed by atoms with E-state index in [2.05, 4.69) is 10.6 Å². The largest absolute Gasteiger partial charge is 0.496 e. The zero-order valence-corrected chi connectivity index (χ0v) is 14.1. The Morgan fingerprint density at radius 3 is 2.46 bits per heavy atom. The molecule has 0 aliphatic carbocycles. The second-order valence-corrected chi connectivity index (χ2v) is 5.43. The number of thiocarbonyl (C=S) groups is 1. The van der Waals surface area contributed by atoms with E-state index in [-0.39, 0.29) is 27.4 Å². The SMILES string of the molecule is COc1cc(NC(=S)NC(=O)c2ccccc2)c(Cl)cc1C(=O)O. The maximum atomic E-state index is 12.0. The first kappa shape index (κ1) is 17.7. The van der Waals surface area contributed by atoms with Crippen LogP contribution in [0.5, 0.6) is 5.75 Å². The summed E-state index contributed by atoms with van der Waals surface area (Å²) >= 11 is 11.1. The second-order valence-electron chi connectivity index (χ2n) is 4.61. The lowest BCUT2D eigenvalue weighted by Gasteiger charge is -2.13. The lowest BCUT2D eigenvalue weighted by molar-refractivity contribution is 0.0693. The smallest absolute Gasteiger partial charge is 0.339 e. The van der Waals surface area contributed by atoms with Gasteiger partial charge in [0.2, 0.25) is 0 Å². The fourth-order valence-electron chi connectivity index (χ4n) is 1.90. The van der Waals surface area contributed by atoms with Crippen LogP contribution in [0.4, 0.5) is 5.69 Å². The van der Waals surface area contributed by atoms with Crippen LogP contribution in [0.25, 0.3) is 0 Å². The highest BCUT2D eigenvalue weighted by Crippen LogP contribution is 2.31. The van der Waals surface area contributed by atoms with Gasteiger partial charge in [-0.3, -0.25) is 10.1 Å². The number of carboxylic acids is 1. The van der Waals surface area contributed by atoms with Crippen LogP contribution in [-0.4, -0.2) is 29.2 Å². The average Bonchev–Trinajstić information content (AvgIpc) is 2.56. The van der Waals surface area contributed by atoms with Crippen molar-refractivity contribution in [3.63, 3.8) is 0 Å².